The molecule has 0 amide bonds. The number of rotatable bonds is 5. The van der Waals surface area contributed by atoms with Crippen molar-refractivity contribution in [1.82, 2.24) is 5.43 Å². The Morgan fingerprint density at radius 3 is 2.57 bits per heavy atom. The van der Waals surface area contributed by atoms with Crippen molar-refractivity contribution in [3.8, 4) is 0 Å². The smallest absolute Gasteiger partial charge is 0.142 e. The van der Waals surface area contributed by atoms with Crippen LogP contribution in [0.2, 0.25) is 5.02 Å². The van der Waals surface area contributed by atoms with E-state index in [1.54, 1.807) is 6.07 Å². The summed E-state index contributed by atoms with van der Waals surface area (Å²) < 4.78 is 13.5. The quantitative estimate of drug-likeness (QED) is 0.653. The fourth-order valence-electron chi connectivity index (χ4n) is 2.38. The van der Waals surface area contributed by atoms with E-state index in [0.717, 1.165) is 12.0 Å². The zero-order valence-electron chi connectivity index (χ0n) is 12.3. The average Bonchev–Trinajstić information content (AvgIpc) is 2.47. The number of benzene rings is 2. The second kappa shape index (κ2) is 7.03. The van der Waals surface area contributed by atoms with Gasteiger partial charge in [0, 0.05) is 6.04 Å². The van der Waals surface area contributed by atoms with Gasteiger partial charge >= 0.3 is 0 Å². The summed E-state index contributed by atoms with van der Waals surface area (Å²) in [6, 6.07) is 11.2. The molecule has 0 aromatic heterocycles. The van der Waals surface area contributed by atoms with Crippen LogP contribution in [0.4, 0.5) is 4.39 Å². The molecule has 0 saturated heterocycles. The SMILES string of the molecule is Cc1ccc(CC(Cc2cccc(F)c2Cl)NN)cc1C. The standard InChI is InChI=1S/C17H20ClFN2/c1-11-6-7-13(8-12(11)2)9-15(21-20)10-14-4-3-5-16(19)17(14)18/h3-8,15,21H,9-10,20H2,1-2H3. The molecule has 112 valence electrons. The number of aryl methyl sites for hydroxylation is 2. The largest absolute Gasteiger partial charge is 0.271 e. The van der Waals surface area contributed by atoms with E-state index in [0.29, 0.717) is 6.42 Å². The Balaban J connectivity index is 2.13. The minimum absolute atomic E-state index is 0.00593. The summed E-state index contributed by atoms with van der Waals surface area (Å²) >= 11 is 6.00. The molecule has 1 atom stereocenters. The predicted molar refractivity (Wildman–Crippen MR) is 85.8 cm³/mol. The Labute approximate surface area is 130 Å². The molecular formula is C17H20ClFN2. The lowest BCUT2D eigenvalue weighted by atomic mass is 9.97. The molecule has 2 rings (SSSR count). The zero-order chi connectivity index (χ0) is 15.4. The highest BCUT2D eigenvalue weighted by Crippen LogP contribution is 2.22. The molecule has 0 fully saturated rings. The van der Waals surface area contributed by atoms with Gasteiger partial charge in [-0.15, -0.1) is 0 Å². The molecule has 2 nitrogen and oxygen atoms in total. The molecule has 2 aromatic carbocycles. The fourth-order valence-corrected chi connectivity index (χ4v) is 2.58. The first-order chi connectivity index (χ1) is 10.0. The number of hydrogen-bond donors (Lipinski definition) is 2. The summed E-state index contributed by atoms with van der Waals surface area (Å²) in [7, 11) is 0. The lowest BCUT2D eigenvalue weighted by Gasteiger charge is -2.17. The molecule has 0 aliphatic heterocycles. The van der Waals surface area contributed by atoms with Gasteiger partial charge in [-0.25, -0.2) is 4.39 Å². The monoisotopic (exact) mass is 306 g/mol. The van der Waals surface area contributed by atoms with Crippen molar-refractivity contribution in [3.63, 3.8) is 0 Å². The van der Waals surface area contributed by atoms with E-state index in [4.69, 9.17) is 17.4 Å². The minimum Gasteiger partial charge on any atom is -0.271 e. The predicted octanol–water partition coefficient (Wildman–Crippen LogP) is 3.71. The van der Waals surface area contributed by atoms with Gasteiger partial charge in [0.2, 0.25) is 0 Å². The van der Waals surface area contributed by atoms with Crippen LogP contribution in [-0.4, -0.2) is 6.04 Å². The van der Waals surface area contributed by atoms with Crippen molar-refractivity contribution in [1.29, 1.82) is 0 Å². The molecule has 0 radical (unpaired) electrons. The van der Waals surface area contributed by atoms with Crippen molar-refractivity contribution in [3.05, 3.63) is 69.5 Å². The lowest BCUT2D eigenvalue weighted by Crippen LogP contribution is -2.38. The summed E-state index contributed by atoms with van der Waals surface area (Å²) in [6.45, 7) is 4.18. The van der Waals surface area contributed by atoms with Gasteiger partial charge in [-0.2, -0.15) is 0 Å². The molecule has 21 heavy (non-hydrogen) atoms. The highest BCUT2D eigenvalue weighted by Gasteiger charge is 2.13. The van der Waals surface area contributed by atoms with Crippen LogP contribution in [-0.2, 0) is 12.8 Å². The van der Waals surface area contributed by atoms with E-state index < -0.39 is 5.82 Å². The maximum atomic E-state index is 13.5. The summed E-state index contributed by atoms with van der Waals surface area (Å²) in [5.41, 5.74) is 7.29. The molecule has 0 spiro atoms. The Morgan fingerprint density at radius 2 is 1.90 bits per heavy atom. The van der Waals surface area contributed by atoms with Crippen molar-refractivity contribution < 1.29 is 4.39 Å². The van der Waals surface area contributed by atoms with Crippen molar-refractivity contribution >= 4 is 11.6 Å². The Bertz CT molecular complexity index is 628. The van der Waals surface area contributed by atoms with E-state index >= 15 is 0 Å². The van der Waals surface area contributed by atoms with Crippen LogP contribution in [0.1, 0.15) is 22.3 Å². The average molecular weight is 307 g/mol. The van der Waals surface area contributed by atoms with Gasteiger partial charge in [-0.3, -0.25) is 11.3 Å². The first-order valence-electron chi connectivity index (χ1n) is 6.96. The zero-order valence-corrected chi connectivity index (χ0v) is 13.0. The normalized spacial score (nSPS) is 12.4. The number of nitrogens with one attached hydrogen (secondary N) is 1. The third kappa shape index (κ3) is 4.03. The third-order valence-corrected chi connectivity index (χ3v) is 4.21. The molecule has 3 N–H and O–H groups in total. The van der Waals surface area contributed by atoms with Gasteiger partial charge in [0.1, 0.15) is 5.82 Å². The Kier molecular flexibility index (Phi) is 5.34. The molecule has 0 aliphatic carbocycles. The van der Waals surface area contributed by atoms with E-state index in [1.807, 2.05) is 6.07 Å². The molecule has 2 aromatic rings. The molecular weight excluding hydrogens is 287 g/mol. The van der Waals surface area contributed by atoms with E-state index in [9.17, 15) is 4.39 Å². The minimum atomic E-state index is -0.392. The highest BCUT2D eigenvalue weighted by atomic mass is 35.5. The Hall–Kier alpha value is -1.42. The third-order valence-electron chi connectivity index (χ3n) is 3.79. The number of nitrogens with two attached hydrogens (primary N) is 1. The van der Waals surface area contributed by atoms with Crippen LogP contribution in [0.5, 0.6) is 0 Å². The number of hydrazine groups is 1. The van der Waals surface area contributed by atoms with Crippen LogP contribution in [0.25, 0.3) is 0 Å². The molecule has 0 saturated carbocycles. The van der Waals surface area contributed by atoms with Gasteiger partial charge in [0.15, 0.2) is 0 Å². The first kappa shape index (κ1) is 16.0. The molecule has 0 aliphatic rings. The van der Waals surface area contributed by atoms with Crippen molar-refractivity contribution in [2.75, 3.05) is 0 Å². The van der Waals surface area contributed by atoms with Gasteiger partial charge in [0.25, 0.3) is 0 Å². The highest BCUT2D eigenvalue weighted by molar-refractivity contribution is 6.31. The van der Waals surface area contributed by atoms with Gasteiger partial charge in [0.05, 0.1) is 5.02 Å². The van der Waals surface area contributed by atoms with Crippen molar-refractivity contribution in [2.24, 2.45) is 5.84 Å². The van der Waals surface area contributed by atoms with E-state index in [1.165, 1.54) is 22.8 Å². The topological polar surface area (TPSA) is 38.0 Å². The van der Waals surface area contributed by atoms with Gasteiger partial charge < -0.3 is 0 Å². The van der Waals surface area contributed by atoms with E-state index in [-0.39, 0.29) is 11.1 Å². The van der Waals surface area contributed by atoms with Crippen LogP contribution in [0.15, 0.2) is 36.4 Å². The second-order valence-electron chi connectivity index (χ2n) is 5.40. The van der Waals surface area contributed by atoms with Crippen LogP contribution >= 0.6 is 11.6 Å². The summed E-state index contributed by atoms with van der Waals surface area (Å²) in [5.74, 6) is 5.25. The first-order valence-corrected chi connectivity index (χ1v) is 7.34. The Morgan fingerprint density at radius 1 is 1.14 bits per heavy atom. The number of halogens is 2. The van der Waals surface area contributed by atoms with Crippen LogP contribution in [0, 0.1) is 19.7 Å². The second-order valence-corrected chi connectivity index (χ2v) is 5.78. The maximum Gasteiger partial charge on any atom is 0.142 e. The number of hydrogen-bond acceptors (Lipinski definition) is 2. The molecule has 4 heteroatoms. The summed E-state index contributed by atoms with van der Waals surface area (Å²) in [6.07, 6.45) is 1.35. The summed E-state index contributed by atoms with van der Waals surface area (Å²) in [5, 5.41) is 0.179. The van der Waals surface area contributed by atoms with E-state index in [2.05, 4.69) is 37.5 Å². The van der Waals surface area contributed by atoms with Gasteiger partial charge in [-0.05, 0) is 55.0 Å². The molecule has 0 heterocycles. The van der Waals surface area contributed by atoms with Crippen LogP contribution < -0.4 is 11.3 Å². The molecule has 0 bridgehead atoms. The van der Waals surface area contributed by atoms with Crippen molar-refractivity contribution in [2.45, 2.75) is 32.7 Å². The lowest BCUT2D eigenvalue weighted by molar-refractivity contribution is 0.520. The fraction of sp³-hybridized carbons (Fsp3) is 0.294. The maximum absolute atomic E-state index is 13.5. The van der Waals surface area contributed by atoms with Crippen LogP contribution in [0.3, 0.4) is 0 Å². The molecule has 1 unspecified atom stereocenters. The van der Waals surface area contributed by atoms with Gasteiger partial charge in [-0.1, -0.05) is 41.9 Å². The summed E-state index contributed by atoms with van der Waals surface area (Å²) in [4.78, 5) is 0.